The number of nitrogens with one attached hydrogen (secondary N) is 3. The van der Waals surface area contributed by atoms with E-state index in [2.05, 4.69) is 25.5 Å². The van der Waals surface area contributed by atoms with Gasteiger partial charge in [0, 0.05) is 31.8 Å². The van der Waals surface area contributed by atoms with Crippen molar-refractivity contribution in [2.45, 2.75) is 25.9 Å². The predicted molar refractivity (Wildman–Crippen MR) is 87.1 cm³/mol. The molecule has 2 heterocycles. The van der Waals surface area contributed by atoms with Crippen LogP contribution in [0.1, 0.15) is 23.6 Å². The summed E-state index contributed by atoms with van der Waals surface area (Å²) < 4.78 is 2.00. The van der Waals surface area contributed by atoms with Gasteiger partial charge < -0.3 is 9.88 Å². The zero-order valence-electron chi connectivity index (χ0n) is 13.0. The number of nitrogens with zero attached hydrogens (tertiary/aromatic N) is 3. The molecule has 3 N–H and O–H groups in total. The van der Waals surface area contributed by atoms with Crippen LogP contribution in [0.5, 0.6) is 0 Å². The number of aryl methyl sites for hydroxylation is 1. The largest absolute Gasteiger partial charge is 0.349 e. The van der Waals surface area contributed by atoms with E-state index in [1.54, 1.807) is 6.20 Å². The Bertz CT molecular complexity index is 849. The van der Waals surface area contributed by atoms with Crippen molar-refractivity contribution in [3.05, 3.63) is 70.4 Å². The summed E-state index contributed by atoms with van der Waals surface area (Å²) in [6.45, 7) is 1.07. The van der Waals surface area contributed by atoms with E-state index < -0.39 is 0 Å². The SMILES string of the molecule is O=C(CCc1n[nH]c(=O)[nH]1)NCc1nccn1Cc1ccccc1. The quantitative estimate of drug-likeness (QED) is 0.590. The molecule has 0 saturated carbocycles. The fraction of sp³-hybridized carbons (Fsp3) is 0.250. The van der Waals surface area contributed by atoms with Crippen molar-refractivity contribution in [3.63, 3.8) is 0 Å². The summed E-state index contributed by atoms with van der Waals surface area (Å²) in [4.78, 5) is 29.6. The van der Waals surface area contributed by atoms with Crippen LogP contribution in [-0.2, 0) is 24.3 Å². The molecule has 0 aliphatic carbocycles. The zero-order valence-corrected chi connectivity index (χ0v) is 13.0. The molecule has 124 valence electrons. The third kappa shape index (κ3) is 4.19. The Morgan fingerprint density at radius 3 is 2.83 bits per heavy atom. The van der Waals surface area contributed by atoms with Crippen LogP contribution >= 0.6 is 0 Å². The Morgan fingerprint density at radius 2 is 2.08 bits per heavy atom. The summed E-state index contributed by atoms with van der Waals surface area (Å²) in [5.74, 6) is 1.15. The van der Waals surface area contributed by atoms with Gasteiger partial charge in [0.15, 0.2) is 0 Å². The lowest BCUT2D eigenvalue weighted by molar-refractivity contribution is -0.121. The molecular weight excluding hydrogens is 308 g/mol. The number of hydrogen-bond acceptors (Lipinski definition) is 4. The van der Waals surface area contributed by atoms with Crippen molar-refractivity contribution in [2.24, 2.45) is 0 Å². The molecule has 0 saturated heterocycles. The summed E-state index contributed by atoms with van der Waals surface area (Å²) in [6.07, 6.45) is 4.24. The standard InChI is InChI=1S/C16H18N6O2/c23-15(7-6-13-19-16(24)21-20-13)18-10-14-17-8-9-22(14)11-12-4-2-1-3-5-12/h1-5,8-9H,6-7,10-11H2,(H,18,23)(H2,19,20,21,24). The lowest BCUT2D eigenvalue weighted by Crippen LogP contribution is -2.25. The van der Waals surface area contributed by atoms with Crippen LogP contribution in [0, 0.1) is 0 Å². The van der Waals surface area contributed by atoms with Crippen LogP contribution in [0.2, 0.25) is 0 Å². The van der Waals surface area contributed by atoms with Crippen LogP contribution < -0.4 is 11.0 Å². The van der Waals surface area contributed by atoms with Crippen molar-refractivity contribution < 1.29 is 4.79 Å². The third-order valence-corrected chi connectivity index (χ3v) is 3.58. The highest BCUT2D eigenvalue weighted by molar-refractivity contribution is 5.75. The van der Waals surface area contributed by atoms with E-state index in [0.717, 1.165) is 5.82 Å². The van der Waals surface area contributed by atoms with Gasteiger partial charge in [0.1, 0.15) is 11.6 Å². The highest BCUT2D eigenvalue weighted by Crippen LogP contribution is 2.05. The normalized spacial score (nSPS) is 10.7. The second kappa shape index (κ2) is 7.40. The molecule has 0 atom stereocenters. The monoisotopic (exact) mass is 326 g/mol. The average Bonchev–Trinajstić information content (AvgIpc) is 3.21. The van der Waals surface area contributed by atoms with Gasteiger partial charge in [-0.2, -0.15) is 5.10 Å². The lowest BCUT2D eigenvalue weighted by Gasteiger charge is -2.09. The Labute approximate surface area is 137 Å². The molecule has 0 bridgehead atoms. The van der Waals surface area contributed by atoms with E-state index in [9.17, 15) is 9.59 Å². The number of imidazole rings is 1. The van der Waals surface area contributed by atoms with Crippen LogP contribution in [0.4, 0.5) is 0 Å². The molecule has 0 fully saturated rings. The van der Waals surface area contributed by atoms with E-state index in [4.69, 9.17) is 0 Å². The van der Waals surface area contributed by atoms with Gasteiger partial charge in [-0.1, -0.05) is 30.3 Å². The zero-order chi connectivity index (χ0) is 16.8. The van der Waals surface area contributed by atoms with E-state index in [1.165, 1.54) is 5.56 Å². The van der Waals surface area contributed by atoms with Gasteiger partial charge in [-0.05, 0) is 5.56 Å². The van der Waals surface area contributed by atoms with Gasteiger partial charge in [0.25, 0.3) is 0 Å². The molecule has 0 radical (unpaired) electrons. The number of H-pyrrole nitrogens is 2. The molecular formula is C16H18N6O2. The average molecular weight is 326 g/mol. The number of amides is 1. The van der Waals surface area contributed by atoms with Crippen LogP contribution in [0.3, 0.4) is 0 Å². The predicted octanol–water partition coefficient (Wildman–Crippen LogP) is 0.592. The first-order valence-electron chi connectivity index (χ1n) is 7.65. The molecule has 2 aromatic heterocycles. The Balaban J connectivity index is 1.50. The summed E-state index contributed by atoms with van der Waals surface area (Å²) in [5, 5.41) is 8.88. The number of carbonyl (C=O) groups excluding carboxylic acids is 1. The maximum atomic E-state index is 11.9. The van der Waals surface area contributed by atoms with Crippen LogP contribution in [0.25, 0.3) is 0 Å². The van der Waals surface area contributed by atoms with Gasteiger partial charge in [0.05, 0.1) is 6.54 Å². The van der Waals surface area contributed by atoms with Crippen molar-refractivity contribution in [2.75, 3.05) is 0 Å². The fourth-order valence-electron chi connectivity index (χ4n) is 2.35. The smallest absolute Gasteiger partial charge is 0.340 e. The van der Waals surface area contributed by atoms with E-state index in [0.29, 0.717) is 25.3 Å². The molecule has 1 aromatic carbocycles. The van der Waals surface area contributed by atoms with E-state index in [-0.39, 0.29) is 18.0 Å². The first-order valence-corrected chi connectivity index (χ1v) is 7.65. The molecule has 8 nitrogen and oxygen atoms in total. The highest BCUT2D eigenvalue weighted by Gasteiger charge is 2.08. The van der Waals surface area contributed by atoms with Gasteiger partial charge >= 0.3 is 5.69 Å². The van der Waals surface area contributed by atoms with E-state index >= 15 is 0 Å². The second-order valence-corrected chi connectivity index (χ2v) is 5.36. The highest BCUT2D eigenvalue weighted by atomic mass is 16.2. The minimum atomic E-state index is -0.367. The molecule has 0 spiro atoms. The van der Waals surface area contributed by atoms with Gasteiger partial charge in [-0.15, -0.1) is 0 Å². The molecule has 3 aromatic rings. The van der Waals surface area contributed by atoms with Gasteiger partial charge in [-0.3, -0.25) is 9.78 Å². The van der Waals surface area contributed by atoms with Crippen LogP contribution in [0.15, 0.2) is 47.5 Å². The Morgan fingerprint density at radius 1 is 1.25 bits per heavy atom. The maximum Gasteiger partial charge on any atom is 0.340 e. The molecule has 3 rings (SSSR count). The number of benzene rings is 1. The third-order valence-electron chi connectivity index (χ3n) is 3.58. The number of hydrogen-bond donors (Lipinski definition) is 3. The van der Waals surface area contributed by atoms with Crippen molar-refractivity contribution in [3.8, 4) is 0 Å². The summed E-state index contributed by atoms with van der Waals surface area (Å²) in [5.41, 5.74) is 0.805. The fourth-order valence-corrected chi connectivity index (χ4v) is 2.35. The topological polar surface area (TPSA) is 108 Å². The molecule has 8 heteroatoms. The van der Waals surface area contributed by atoms with Gasteiger partial charge in [0.2, 0.25) is 5.91 Å². The summed E-state index contributed by atoms with van der Waals surface area (Å²) in [6, 6.07) is 10.1. The first kappa shape index (κ1) is 15.7. The van der Waals surface area contributed by atoms with Crippen molar-refractivity contribution >= 4 is 5.91 Å². The number of carbonyl (C=O) groups is 1. The second-order valence-electron chi connectivity index (χ2n) is 5.36. The summed E-state index contributed by atoms with van der Waals surface area (Å²) >= 11 is 0. The lowest BCUT2D eigenvalue weighted by atomic mass is 10.2. The summed E-state index contributed by atoms with van der Waals surface area (Å²) in [7, 11) is 0. The maximum absolute atomic E-state index is 11.9. The molecule has 0 aliphatic rings. The van der Waals surface area contributed by atoms with Crippen molar-refractivity contribution in [1.29, 1.82) is 0 Å². The molecule has 0 unspecified atom stereocenters. The van der Waals surface area contributed by atoms with Crippen molar-refractivity contribution in [1.82, 2.24) is 30.0 Å². The Kier molecular flexibility index (Phi) is 4.85. The number of aromatic amines is 2. The molecule has 1 amide bonds. The molecule has 0 aliphatic heterocycles. The minimum absolute atomic E-state index is 0.117. The number of rotatable bonds is 7. The molecule has 24 heavy (non-hydrogen) atoms. The van der Waals surface area contributed by atoms with Crippen LogP contribution in [-0.4, -0.2) is 30.6 Å². The minimum Gasteiger partial charge on any atom is -0.349 e. The first-order chi connectivity index (χ1) is 11.7. The Hall–Kier alpha value is -3.16. The number of aromatic nitrogens is 5. The van der Waals surface area contributed by atoms with E-state index in [1.807, 2.05) is 41.1 Å². The van der Waals surface area contributed by atoms with Gasteiger partial charge in [-0.25, -0.2) is 14.9 Å².